The smallest absolute Gasteiger partial charge is 0.393 e. The Kier molecular flexibility index (Phi) is 10.5. The molecule has 0 saturated heterocycles. The Morgan fingerprint density at radius 2 is 1.80 bits per heavy atom. The third-order valence-electron chi connectivity index (χ3n) is 3.63. The molecule has 0 saturated carbocycles. The number of aliphatic hydroxyl groups excluding tert-OH is 1. The van der Waals surface area contributed by atoms with Crippen LogP contribution in [0.1, 0.15) is 65.7 Å². The molecule has 0 aromatic rings. The molecule has 0 radical (unpaired) electrons. The maximum Gasteiger partial charge on any atom is 0.397 e. The first kappa shape index (κ1) is 19.8. The van der Waals surface area contributed by atoms with E-state index in [1.54, 1.807) is 6.92 Å². The van der Waals surface area contributed by atoms with E-state index in [0.717, 1.165) is 19.3 Å². The van der Waals surface area contributed by atoms with Gasteiger partial charge in [-0.25, -0.2) is 4.18 Å². The summed E-state index contributed by atoms with van der Waals surface area (Å²) >= 11 is 0. The lowest BCUT2D eigenvalue weighted by atomic mass is 9.91. The second kappa shape index (κ2) is 10.5. The van der Waals surface area contributed by atoms with Crippen LogP contribution in [0.2, 0.25) is 0 Å². The number of hydrogen-bond donors (Lipinski definition) is 2. The highest BCUT2D eigenvalue weighted by Crippen LogP contribution is 2.21. The van der Waals surface area contributed by atoms with Gasteiger partial charge in [0.05, 0.1) is 12.7 Å². The van der Waals surface area contributed by atoms with E-state index in [9.17, 15) is 13.5 Å². The average molecular weight is 310 g/mol. The molecule has 6 heteroatoms. The van der Waals surface area contributed by atoms with Crippen molar-refractivity contribution in [1.29, 1.82) is 0 Å². The summed E-state index contributed by atoms with van der Waals surface area (Å²) in [5.74, 6) is 0.552. The van der Waals surface area contributed by atoms with Gasteiger partial charge in [-0.1, -0.05) is 46.5 Å². The molecule has 0 amide bonds. The van der Waals surface area contributed by atoms with E-state index >= 15 is 0 Å². The van der Waals surface area contributed by atoms with Crippen LogP contribution in [0.15, 0.2) is 0 Å². The molecule has 0 aliphatic heterocycles. The molecule has 3 unspecified atom stereocenters. The Balaban J connectivity index is 3.88. The first-order valence-electron chi connectivity index (χ1n) is 7.58. The van der Waals surface area contributed by atoms with Crippen LogP contribution in [0.4, 0.5) is 0 Å². The van der Waals surface area contributed by atoms with Crippen molar-refractivity contribution in [3.05, 3.63) is 0 Å². The molecule has 0 rings (SSSR count). The van der Waals surface area contributed by atoms with Crippen molar-refractivity contribution in [1.82, 2.24) is 0 Å². The number of unbranched alkanes of at least 4 members (excludes halogenated alkanes) is 1. The highest BCUT2D eigenvalue weighted by molar-refractivity contribution is 7.80. The molecule has 0 aromatic heterocycles. The number of rotatable bonds is 12. The summed E-state index contributed by atoms with van der Waals surface area (Å²) in [4.78, 5) is 0. The minimum atomic E-state index is -4.38. The van der Waals surface area contributed by atoms with Crippen molar-refractivity contribution in [3.63, 3.8) is 0 Å². The summed E-state index contributed by atoms with van der Waals surface area (Å²) in [6.07, 6.45) is 6.55. The van der Waals surface area contributed by atoms with Crippen molar-refractivity contribution in [2.75, 3.05) is 6.61 Å². The van der Waals surface area contributed by atoms with Crippen LogP contribution in [-0.2, 0) is 14.6 Å². The maximum absolute atomic E-state index is 10.4. The van der Waals surface area contributed by atoms with Gasteiger partial charge < -0.3 is 5.11 Å². The van der Waals surface area contributed by atoms with E-state index in [2.05, 4.69) is 18.0 Å². The molecule has 0 aliphatic carbocycles. The zero-order valence-corrected chi connectivity index (χ0v) is 13.7. The Morgan fingerprint density at radius 3 is 2.30 bits per heavy atom. The maximum atomic E-state index is 10.4. The Bertz CT molecular complexity index is 328. The number of aliphatic hydroxyl groups is 1. The van der Waals surface area contributed by atoms with Gasteiger partial charge >= 0.3 is 10.4 Å². The zero-order chi connectivity index (χ0) is 15.6. The van der Waals surface area contributed by atoms with E-state index in [0.29, 0.717) is 12.3 Å². The minimum absolute atomic E-state index is 0.0943. The van der Waals surface area contributed by atoms with Crippen molar-refractivity contribution >= 4 is 10.4 Å². The molecule has 20 heavy (non-hydrogen) atoms. The van der Waals surface area contributed by atoms with Gasteiger partial charge in [0.1, 0.15) is 0 Å². The van der Waals surface area contributed by atoms with E-state index in [1.165, 1.54) is 19.3 Å². The molecule has 0 aromatic carbocycles. The molecule has 122 valence electrons. The summed E-state index contributed by atoms with van der Waals surface area (Å²) in [5, 5.41) is 9.95. The molecule has 2 N–H and O–H groups in total. The van der Waals surface area contributed by atoms with Gasteiger partial charge in [-0.2, -0.15) is 8.42 Å². The topological polar surface area (TPSA) is 83.8 Å². The van der Waals surface area contributed by atoms with Gasteiger partial charge in [0, 0.05) is 0 Å². The number of hydrogen-bond acceptors (Lipinski definition) is 4. The molecule has 0 fully saturated rings. The summed E-state index contributed by atoms with van der Waals surface area (Å²) in [6, 6.07) is 0. The van der Waals surface area contributed by atoms with Gasteiger partial charge in [-0.05, 0) is 31.1 Å². The second-order valence-electron chi connectivity index (χ2n) is 5.70. The molecule has 0 aliphatic rings. The van der Waals surface area contributed by atoms with Crippen molar-refractivity contribution in [3.8, 4) is 0 Å². The first-order chi connectivity index (χ1) is 9.28. The van der Waals surface area contributed by atoms with Gasteiger partial charge in [-0.15, -0.1) is 0 Å². The highest BCUT2D eigenvalue weighted by Gasteiger charge is 2.15. The predicted octanol–water partition coefficient (Wildman–Crippen LogP) is 3.19. The standard InChI is InChI=1S/C14H30O5S/c1-4-6-7-13(5-2)8-9-14(15)10-12(3)11-19-20(16,17)18/h12-15H,4-11H2,1-3H3,(H,16,17,18). The molecule has 0 bridgehead atoms. The van der Waals surface area contributed by atoms with E-state index in [1.807, 2.05) is 0 Å². The van der Waals surface area contributed by atoms with Crippen LogP contribution in [0.25, 0.3) is 0 Å². The summed E-state index contributed by atoms with van der Waals surface area (Å²) < 4.78 is 33.7. The Labute approximate surface area is 123 Å². The van der Waals surface area contributed by atoms with Gasteiger partial charge in [0.25, 0.3) is 0 Å². The lowest BCUT2D eigenvalue weighted by molar-refractivity contribution is 0.110. The Hall–Kier alpha value is -0.170. The normalized spacial score (nSPS) is 16.9. The fraction of sp³-hybridized carbons (Fsp3) is 1.00. The van der Waals surface area contributed by atoms with E-state index in [4.69, 9.17) is 4.55 Å². The highest BCUT2D eigenvalue weighted by atomic mass is 32.3. The zero-order valence-electron chi connectivity index (χ0n) is 12.9. The van der Waals surface area contributed by atoms with Crippen LogP contribution in [0.5, 0.6) is 0 Å². The van der Waals surface area contributed by atoms with Crippen LogP contribution < -0.4 is 0 Å². The largest absolute Gasteiger partial charge is 0.397 e. The quantitative estimate of drug-likeness (QED) is 0.541. The van der Waals surface area contributed by atoms with Gasteiger partial charge in [0.2, 0.25) is 0 Å². The van der Waals surface area contributed by atoms with E-state index < -0.39 is 16.5 Å². The van der Waals surface area contributed by atoms with Gasteiger partial charge in [0.15, 0.2) is 0 Å². The van der Waals surface area contributed by atoms with Crippen LogP contribution in [0, 0.1) is 11.8 Å². The lowest BCUT2D eigenvalue weighted by Crippen LogP contribution is -2.18. The van der Waals surface area contributed by atoms with Crippen molar-refractivity contribution < 1.29 is 22.3 Å². The van der Waals surface area contributed by atoms with Gasteiger partial charge in [-0.3, -0.25) is 4.55 Å². The van der Waals surface area contributed by atoms with Crippen LogP contribution in [-0.4, -0.2) is 30.8 Å². The van der Waals surface area contributed by atoms with Crippen molar-refractivity contribution in [2.24, 2.45) is 11.8 Å². The Morgan fingerprint density at radius 1 is 1.15 bits per heavy atom. The molecule has 5 nitrogen and oxygen atoms in total. The first-order valence-corrected chi connectivity index (χ1v) is 8.94. The molecule has 0 heterocycles. The predicted molar refractivity (Wildman–Crippen MR) is 79.8 cm³/mol. The summed E-state index contributed by atoms with van der Waals surface area (Å²) in [5.41, 5.74) is 0. The second-order valence-corrected chi connectivity index (χ2v) is 6.79. The molecular formula is C14H30O5S. The fourth-order valence-electron chi connectivity index (χ4n) is 2.33. The molecule has 0 spiro atoms. The SMILES string of the molecule is CCCCC(CC)CCC(O)CC(C)COS(=O)(=O)O. The third kappa shape index (κ3) is 11.6. The van der Waals surface area contributed by atoms with Crippen LogP contribution in [0.3, 0.4) is 0 Å². The average Bonchev–Trinajstić information content (AvgIpc) is 2.36. The summed E-state index contributed by atoms with van der Waals surface area (Å²) in [7, 11) is -4.38. The van der Waals surface area contributed by atoms with E-state index in [-0.39, 0.29) is 12.5 Å². The fourth-order valence-corrected chi connectivity index (χ4v) is 2.73. The lowest BCUT2D eigenvalue weighted by Gasteiger charge is -2.19. The molecule has 3 atom stereocenters. The van der Waals surface area contributed by atoms with Crippen LogP contribution >= 0.6 is 0 Å². The monoisotopic (exact) mass is 310 g/mol. The summed E-state index contributed by atoms with van der Waals surface area (Å²) in [6.45, 7) is 6.06. The third-order valence-corrected chi connectivity index (χ3v) is 4.06. The minimum Gasteiger partial charge on any atom is -0.393 e. The van der Waals surface area contributed by atoms with Crippen molar-refractivity contribution in [2.45, 2.75) is 71.8 Å². The molecular weight excluding hydrogens is 280 g/mol.